The van der Waals surface area contributed by atoms with Crippen molar-refractivity contribution in [1.29, 1.82) is 0 Å². The molecule has 0 bridgehead atoms. The van der Waals surface area contributed by atoms with Crippen molar-refractivity contribution in [3.63, 3.8) is 0 Å². The summed E-state index contributed by atoms with van der Waals surface area (Å²) >= 11 is 0. The maximum atomic E-state index is 12.2. The number of nitro benzene ring substituents is 1. The lowest BCUT2D eigenvalue weighted by Crippen LogP contribution is -2.57. The lowest BCUT2D eigenvalue weighted by atomic mass is 9.75. The SMILES string of the molecule is CCC1CCC(NC(=O)COc2ccccc2[N+](=O)[O-])(C(=O)O)CC1. The molecule has 1 saturated carbocycles. The Kier molecular flexibility index (Phi) is 5.95. The van der Waals surface area contributed by atoms with Gasteiger partial charge in [0.2, 0.25) is 0 Å². The third-order valence-electron chi connectivity index (χ3n) is 4.74. The molecule has 1 amide bonds. The first-order valence-corrected chi connectivity index (χ1v) is 8.28. The second-order valence-electron chi connectivity index (χ2n) is 6.30. The fourth-order valence-corrected chi connectivity index (χ4v) is 3.15. The van der Waals surface area contributed by atoms with Crippen LogP contribution in [0.5, 0.6) is 5.75 Å². The van der Waals surface area contributed by atoms with E-state index in [0.717, 1.165) is 19.3 Å². The standard InChI is InChI=1S/C17H22N2O6/c1-2-12-7-9-17(10-8-12,16(21)22)18-15(20)11-25-14-6-4-3-5-13(14)19(23)24/h3-6,12H,2,7-11H2,1H3,(H,18,20)(H,21,22). The number of nitrogens with zero attached hydrogens (tertiary/aromatic N) is 1. The maximum absolute atomic E-state index is 12.2. The first-order chi connectivity index (χ1) is 11.9. The van der Waals surface area contributed by atoms with E-state index in [-0.39, 0.29) is 11.4 Å². The number of carboxylic acid groups (broad SMARTS) is 1. The molecule has 0 unspecified atom stereocenters. The number of benzene rings is 1. The lowest BCUT2D eigenvalue weighted by Gasteiger charge is -2.37. The first kappa shape index (κ1) is 18.7. The number of amides is 1. The number of nitro groups is 1. The van der Waals surface area contributed by atoms with E-state index in [0.29, 0.717) is 18.8 Å². The van der Waals surface area contributed by atoms with Gasteiger partial charge in [0.1, 0.15) is 5.54 Å². The highest BCUT2D eigenvalue weighted by Gasteiger charge is 2.42. The molecule has 0 saturated heterocycles. The smallest absolute Gasteiger partial charge is 0.329 e. The zero-order chi connectivity index (χ0) is 18.4. The van der Waals surface area contributed by atoms with Gasteiger partial charge in [0, 0.05) is 6.07 Å². The van der Waals surface area contributed by atoms with E-state index >= 15 is 0 Å². The summed E-state index contributed by atoms with van der Waals surface area (Å²) in [4.78, 5) is 34.2. The topological polar surface area (TPSA) is 119 Å². The molecule has 136 valence electrons. The molecule has 8 nitrogen and oxygen atoms in total. The highest BCUT2D eigenvalue weighted by atomic mass is 16.6. The number of para-hydroxylation sites is 2. The summed E-state index contributed by atoms with van der Waals surface area (Å²) < 4.78 is 5.22. The lowest BCUT2D eigenvalue weighted by molar-refractivity contribution is -0.385. The molecular weight excluding hydrogens is 328 g/mol. The van der Waals surface area contributed by atoms with Crippen LogP contribution in [0.15, 0.2) is 24.3 Å². The Bertz CT molecular complexity index is 652. The Balaban J connectivity index is 1.99. The first-order valence-electron chi connectivity index (χ1n) is 8.28. The van der Waals surface area contributed by atoms with Gasteiger partial charge < -0.3 is 15.2 Å². The number of ether oxygens (including phenoxy) is 1. The molecule has 0 atom stereocenters. The Labute approximate surface area is 145 Å². The second-order valence-corrected chi connectivity index (χ2v) is 6.30. The number of carboxylic acids is 1. The third kappa shape index (κ3) is 4.46. The maximum Gasteiger partial charge on any atom is 0.329 e. The summed E-state index contributed by atoms with van der Waals surface area (Å²) in [6, 6.07) is 5.73. The zero-order valence-corrected chi connectivity index (χ0v) is 14.1. The summed E-state index contributed by atoms with van der Waals surface area (Å²) in [5.41, 5.74) is -1.53. The average Bonchev–Trinajstić information content (AvgIpc) is 2.60. The van der Waals surface area contributed by atoms with Crippen LogP contribution in [0, 0.1) is 16.0 Å². The average molecular weight is 350 g/mol. The van der Waals surface area contributed by atoms with Gasteiger partial charge in [-0.25, -0.2) is 4.79 Å². The van der Waals surface area contributed by atoms with Crippen molar-refractivity contribution in [3.05, 3.63) is 34.4 Å². The van der Waals surface area contributed by atoms with Crippen LogP contribution >= 0.6 is 0 Å². The van der Waals surface area contributed by atoms with Crippen molar-refractivity contribution in [2.45, 2.75) is 44.6 Å². The van der Waals surface area contributed by atoms with Crippen LogP contribution in [0.1, 0.15) is 39.0 Å². The Morgan fingerprint density at radius 2 is 2.00 bits per heavy atom. The monoisotopic (exact) mass is 350 g/mol. The molecular formula is C17H22N2O6. The molecule has 1 aliphatic carbocycles. The van der Waals surface area contributed by atoms with Crippen LogP contribution in [-0.2, 0) is 9.59 Å². The van der Waals surface area contributed by atoms with Crippen LogP contribution in [0.2, 0.25) is 0 Å². The highest BCUT2D eigenvalue weighted by Crippen LogP contribution is 2.34. The summed E-state index contributed by atoms with van der Waals surface area (Å²) in [7, 11) is 0. The Morgan fingerprint density at radius 3 is 2.56 bits per heavy atom. The largest absolute Gasteiger partial charge is 0.480 e. The van der Waals surface area contributed by atoms with Crippen molar-refractivity contribution in [2.75, 3.05) is 6.61 Å². The van der Waals surface area contributed by atoms with E-state index in [4.69, 9.17) is 4.74 Å². The number of carbonyl (C=O) groups excluding carboxylic acids is 1. The fraction of sp³-hybridized carbons (Fsp3) is 0.529. The molecule has 0 heterocycles. The van der Waals surface area contributed by atoms with Crippen molar-refractivity contribution < 1.29 is 24.4 Å². The van der Waals surface area contributed by atoms with E-state index in [1.165, 1.54) is 18.2 Å². The van der Waals surface area contributed by atoms with Crippen LogP contribution in [-0.4, -0.2) is 34.1 Å². The molecule has 2 N–H and O–H groups in total. The van der Waals surface area contributed by atoms with Crippen molar-refractivity contribution in [1.82, 2.24) is 5.32 Å². The van der Waals surface area contributed by atoms with Gasteiger partial charge in [-0.05, 0) is 37.7 Å². The van der Waals surface area contributed by atoms with Crippen LogP contribution < -0.4 is 10.1 Å². The van der Waals surface area contributed by atoms with Gasteiger partial charge in [-0.2, -0.15) is 0 Å². The molecule has 1 fully saturated rings. The van der Waals surface area contributed by atoms with E-state index < -0.39 is 28.9 Å². The molecule has 0 radical (unpaired) electrons. The quantitative estimate of drug-likeness (QED) is 0.576. The van der Waals surface area contributed by atoms with Crippen LogP contribution in [0.4, 0.5) is 5.69 Å². The number of rotatable bonds is 7. The summed E-state index contributed by atoms with van der Waals surface area (Å²) in [5, 5.41) is 23.0. The molecule has 25 heavy (non-hydrogen) atoms. The molecule has 1 aromatic rings. The number of hydrogen-bond donors (Lipinski definition) is 2. The molecule has 0 aromatic heterocycles. The van der Waals surface area contributed by atoms with Crippen molar-refractivity contribution in [3.8, 4) is 5.75 Å². The van der Waals surface area contributed by atoms with E-state index in [1.54, 1.807) is 6.07 Å². The predicted molar refractivity (Wildman–Crippen MR) is 89.3 cm³/mol. The minimum Gasteiger partial charge on any atom is -0.480 e. The predicted octanol–water partition coefficient (Wildman–Crippen LogP) is 2.51. The molecule has 1 aromatic carbocycles. The van der Waals surface area contributed by atoms with E-state index in [2.05, 4.69) is 12.2 Å². The van der Waals surface area contributed by atoms with Gasteiger partial charge in [-0.15, -0.1) is 0 Å². The molecule has 0 aliphatic heterocycles. The van der Waals surface area contributed by atoms with Crippen LogP contribution in [0.3, 0.4) is 0 Å². The van der Waals surface area contributed by atoms with E-state index in [9.17, 15) is 24.8 Å². The van der Waals surface area contributed by atoms with Crippen LogP contribution in [0.25, 0.3) is 0 Å². The Hall–Kier alpha value is -2.64. The van der Waals surface area contributed by atoms with Gasteiger partial charge in [0.15, 0.2) is 12.4 Å². The van der Waals surface area contributed by atoms with Gasteiger partial charge in [0.05, 0.1) is 4.92 Å². The normalized spacial score (nSPS) is 22.8. The van der Waals surface area contributed by atoms with Gasteiger partial charge in [-0.3, -0.25) is 14.9 Å². The third-order valence-corrected chi connectivity index (χ3v) is 4.74. The number of aliphatic carboxylic acids is 1. The molecule has 2 rings (SSSR count). The number of nitrogens with one attached hydrogen (secondary N) is 1. The van der Waals surface area contributed by atoms with Crippen molar-refractivity contribution in [2.24, 2.45) is 5.92 Å². The number of carbonyl (C=O) groups is 2. The number of hydrogen-bond acceptors (Lipinski definition) is 5. The summed E-state index contributed by atoms with van der Waals surface area (Å²) in [5.74, 6) is -1.20. The zero-order valence-electron chi connectivity index (χ0n) is 14.1. The van der Waals surface area contributed by atoms with Gasteiger partial charge in [-0.1, -0.05) is 25.5 Å². The highest BCUT2D eigenvalue weighted by molar-refractivity contribution is 5.87. The minimum absolute atomic E-state index is 0.0262. The fourth-order valence-electron chi connectivity index (χ4n) is 3.15. The second kappa shape index (κ2) is 7.96. The van der Waals surface area contributed by atoms with Gasteiger partial charge >= 0.3 is 11.7 Å². The molecule has 1 aliphatic rings. The summed E-state index contributed by atoms with van der Waals surface area (Å²) in [6.07, 6.45) is 3.22. The summed E-state index contributed by atoms with van der Waals surface area (Å²) in [6.45, 7) is 1.59. The van der Waals surface area contributed by atoms with Gasteiger partial charge in [0.25, 0.3) is 5.91 Å². The van der Waals surface area contributed by atoms with Crippen molar-refractivity contribution >= 4 is 17.6 Å². The van der Waals surface area contributed by atoms with E-state index in [1.807, 2.05) is 0 Å². The molecule has 8 heteroatoms. The molecule has 0 spiro atoms. The Morgan fingerprint density at radius 1 is 1.36 bits per heavy atom. The minimum atomic E-state index is -1.28.